The maximum absolute atomic E-state index is 2.41. The van der Waals surface area contributed by atoms with Crippen LogP contribution in [0.2, 0.25) is 0 Å². The second-order valence-electron chi connectivity index (χ2n) is 12.7. The molecule has 1 aromatic heterocycles. The second kappa shape index (κ2) is 11.5. The summed E-state index contributed by atoms with van der Waals surface area (Å²) < 4.78 is 2.92. The summed E-state index contributed by atoms with van der Waals surface area (Å²) in [5, 5.41) is 10.6. The van der Waals surface area contributed by atoms with Crippen molar-refractivity contribution in [1.29, 1.82) is 0 Å². The predicted octanol–water partition coefficient (Wildman–Crippen LogP) is 13.2. The average Bonchev–Trinajstić information content (AvgIpc) is 3.57. The normalized spacial score (nSPS) is 11.7. The third kappa shape index (κ3) is 4.44. The summed E-state index contributed by atoms with van der Waals surface area (Å²) in [7, 11) is 0. The molecule has 0 aliphatic carbocycles. The van der Waals surface area contributed by atoms with Crippen molar-refractivity contribution in [2.75, 3.05) is 0 Å². The Bertz CT molecular complexity index is 2830. The Labute approximate surface area is 291 Å². The van der Waals surface area contributed by atoms with E-state index in [1.165, 1.54) is 96.1 Å². The van der Waals surface area contributed by atoms with E-state index in [2.05, 4.69) is 182 Å². The Balaban J connectivity index is 1.37. The molecule has 10 rings (SSSR count). The zero-order valence-electron chi connectivity index (χ0n) is 26.7. The van der Waals surface area contributed by atoms with Crippen molar-refractivity contribution in [2.45, 2.75) is 0 Å². The topological polar surface area (TPSA) is 0 Å². The number of fused-ring (bicyclic) bond motifs is 9. The third-order valence-electron chi connectivity index (χ3n) is 10.1. The first-order valence-corrected chi connectivity index (χ1v) is 18.6. The molecule has 10 aromatic rings. The fourth-order valence-electron chi connectivity index (χ4n) is 8.03. The van der Waals surface area contributed by atoms with Crippen molar-refractivity contribution in [3.05, 3.63) is 182 Å². The van der Waals surface area contributed by atoms with Crippen LogP contribution in [0.25, 0.3) is 96.1 Å². The molecule has 0 unspecified atom stereocenters. The van der Waals surface area contributed by atoms with Crippen LogP contribution >= 0.6 is 0 Å². The van der Waals surface area contributed by atoms with Crippen LogP contribution in [0.15, 0.2) is 182 Å². The Morgan fingerprint density at radius 2 is 0.714 bits per heavy atom. The Morgan fingerprint density at radius 1 is 0.245 bits per heavy atom. The van der Waals surface area contributed by atoms with E-state index in [4.69, 9.17) is 0 Å². The van der Waals surface area contributed by atoms with Gasteiger partial charge in [0.25, 0.3) is 0 Å². The first-order chi connectivity index (χ1) is 24.3. The molecule has 9 aromatic carbocycles. The van der Waals surface area contributed by atoms with E-state index in [0.29, 0.717) is 0 Å². The van der Waals surface area contributed by atoms with Crippen LogP contribution in [0.4, 0.5) is 0 Å². The summed E-state index contributed by atoms with van der Waals surface area (Å²) >= 11 is 0.248. The Hall–Kier alpha value is -5.72. The molecule has 0 fully saturated rings. The van der Waals surface area contributed by atoms with Crippen molar-refractivity contribution in [3.8, 4) is 44.5 Å². The van der Waals surface area contributed by atoms with Crippen molar-refractivity contribution >= 4 is 66.1 Å². The molecule has 1 heteroatoms. The van der Waals surface area contributed by atoms with Gasteiger partial charge in [-0.1, -0.05) is 0 Å². The second-order valence-corrected chi connectivity index (χ2v) is 15.0. The number of rotatable bonds is 4. The van der Waals surface area contributed by atoms with Crippen LogP contribution < -0.4 is 0 Å². The van der Waals surface area contributed by atoms with Crippen LogP contribution in [-0.2, 0) is 0 Å². The van der Waals surface area contributed by atoms with E-state index in [1.54, 1.807) is 0 Å². The molecule has 0 saturated heterocycles. The van der Waals surface area contributed by atoms with Crippen molar-refractivity contribution in [1.82, 2.24) is 0 Å². The third-order valence-corrected chi connectivity index (χ3v) is 12.5. The quantitative estimate of drug-likeness (QED) is 0.128. The summed E-state index contributed by atoms with van der Waals surface area (Å²) in [6, 6.07) is 67.4. The zero-order valence-corrected chi connectivity index (χ0v) is 28.4. The van der Waals surface area contributed by atoms with Gasteiger partial charge in [0.15, 0.2) is 0 Å². The molecule has 228 valence electrons. The Kier molecular flexibility index (Phi) is 6.62. The molecule has 0 aliphatic heterocycles. The summed E-state index contributed by atoms with van der Waals surface area (Å²) in [5.41, 5.74) is 10.1. The van der Waals surface area contributed by atoms with E-state index in [-0.39, 0.29) is 14.5 Å². The molecule has 0 saturated carbocycles. The molecule has 0 spiro atoms. The van der Waals surface area contributed by atoms with Crippen LogP contribution in [0, 0.1) is 0 Å². The molecule has 0 N–H and O–H groups in total. The first kappa shape index (κ1) is 28.3. The predicted molar refractivity (Wildman–Crippen MR) is 213 cm³/mol. The monoisotopic (exact) mass is 686 g/mol. The van der Waals surface area contributed by atoms with Gasteiger partial charge in [0, 0.05) is 0 Å². The SMILES string of the molecule is c1ccc(-c2ccccc2-c2ccccc2-c2ccc3[se]c4ccccc4c3c2-c2cccc3c4ccccc4c4ccccc4c23)cc1. The fraction of sp³-hybridized carbons (Fsp3) is 0. The number of hydrogen-bond donors (Lipinski definition) is 0. The minimum absolute atomic E-state index is 0.248. The van der Waals surface area contributed by atoms with Crippen LogP contribution in [0.5, 0.6) is 0 Å². The average molecular weight is 686 g/mol. The van der Waals surface area contributed by atoms with E-state index in [0.717, 1.165) is 0 Å². The van der Waals surface area contributed by atoms with Crippen LogP contribution in [0.3, 0.4) is 0 Å². The van der Waals surface area contributed by atoms with Gasteiger partial charge in [-0.15, -0.1) is 0 Å². The number of hydrogen-bond acceptors (Lipinski definition) is 0. The van der Waals surface area contributed by atoms with Gasteiger partial charge in [-0.3, -0.25) is 0 Å². The van der Waals surface area contributed by atoms with E-state index >= 15 is 0 Å². The summed E-state index contributed by atoms with van der Waals surface area (Å²) in [6.07, 6.45) is 0. The molecule has 0 bridgehead atoms. The molecule has 0 atom stereocenters. The zero-order chi connectivity index (χ0) is 32.3. The van der Waals surface area contributed by atoms with Crippen molar-refractivity contribution in [3.63, 3.8) is 0 Å². The van der Waals surface area contributed by atoms with E-state index < -0.39 is 0 Å². The summed E-state index contributed by atoms with van der Waals surface area (Å²) in [6.45, 7) is 0. The van der Waals surface area contributed by atoms with Gasteiger partial charge in [0.2, 0.25) is 0 Å². The van der Waals surface area contributed by atoms with Gasteiger partial charge in [-0.25, -0.2) is 0 Å². The van der Waals surface area contributed by atoms with Gasteiger partial charge in [-0.2, -0.15) is 0 Å². The molecular formula is C48H30Se. The molecule has 1 heterocycles. The molecule has 0 nitrogen and oxygen atoms in total. The molecular weight excluding hydrogens is 655 g/mol. The number of benzene rings is 9. The maximum atomic E-state index is 2.41. The van der Waals surface area contributed by atoms with E-state index in [1.807, 2.05) is 0 Å². The van der Waals surface area contributed by atoms with Crippen LogP contribution in [0.1, 0.15) is 0 Å². The fourth-order valence-corrected chi connectivity index (χ4v) is 10.4. The van der Waals surface area contributed by atoms with Gasteiger partial charge in [-0.05, 0) is 0 Å². The molecule has 0 aliphatic rings. The molecule has 0 amide bonds. The van der Waals surface area contributed by atoms with Gasteiger partial charge >= 0.3 is 293 Å². The van der Waals surface area contributed by atoms with E-state index in [9.17, 15) is 0 Å². The van der Waals surface area contributed by atoms with Gasteiger partial charge in [0.05, 0.1) is 0 Å². The van der Waals surface area contributed by atoms with Crippen molar-refractivity contribution in [2.24, 2.45) is 0 Å². The molecule has 49 heavy (non-hydrogen) atoms. The molecule has 0 radical (unpaired) electrons. The van der Waals surface area contributed by atoms with Gasteiger partial charge in [0.1, 0.15) is 0 Å². The van der Waals surface area contributed by atoms with Crippen molar-refractivity contribution < 1.29 is 0 Å². The minimum atomic E-state index is 0.248. The van der Waals surface area contributed by atoms with Crippen LogP contribution in [-0.4, -0.2) is 14.5 Å². The standard InChI is InChI=1S/C48H30Se/c1-2-15-31(16-3-1)32-17-4-5-18-33(32)34-19-6-9-23-38(34)41-29-30-45-48(42-25-12-13-28-44(42)49-45)47(41)43-27-14-26-40-37-21-8-7-20-35(37)36-22-10-11-24-39(36)46(40)43/h1-30H. The summed E-state index contributed by atoms with van der Waals surface area (Å²) in [5.74, 6) is 0. The first-order valence-electron chi connectivity index (χ1n) is 16.9. The Morgan fingerprint density at radius 3 is 1.41 bits per heavy atom. The summed E-state index contributed by atoms with van der Waals surface area (Å²) in [4.78, 5) is 0. The van der Waals surface area contributed by atoms with Gasteiger partial charge < -0.3 is 0 Å².